The second-order valence-corrected chi connectivity index (χ2v) is 5.75. The van der Waals surface area contributed by atoms with Gasteiger partial charge in [0.25, 0.3) is 0 Å². The lowest BCUT2D eigenvalue weighted by Gasteiger charge is -2.12. The molecule has 0 aliphatic heterocycles. The predicted octanol–water partition coefficient (Wildman–Crippen LogP) is 4.61. The van der Waals surface area contributed by atoms with Crippen molar-refractivity contribution in [2.75, 3.05) is 13.2 Å². The first-order chi connectivity index (χ1) is 11.6. The van der Waals surface area contributed by atoms with Crippen molar-refractivity contribution in [2.24, 2.45) is 11.8 Å². The lowest BCUT2D eigenvalue weighted by Crippen LogP contribution is -2.13. The van der Waals surface area contributed by atoms with Crippen LogP contribution in [0.2, 0.25) is 0 Å². The van der Waals surface area contributed by atoms with E-state index in [2.05, 4.69) is 26.0 Å². The number of allylic oxidation sites excluding steroid dienone is 4. The summed E-state index contributed by atoms with van der Waals surface area (Å²) in [5, 5.41) is 0. The van der Waals surface area contributed by atoms with Crippen molar-refractivity contribution in [1.29, 1.82) is 0 Å². The summed E-state index contributed by atoms with van der Waals surface area (Å²) in [7, 11) is 0. The fourth-order valence-corrected chi connectivity index (χ4v) is 1.99. The molecule has 0 aromatic carbocycles. The van der Waals surface area contributed by atoms with Crippen LogP contribution in [-0.4, -0.2) is 25.2 Å². The highest BCUT2D eigenvalue weighted by Crippen LogP contribution is 2.11. The van der Waals surface area contributed by atoms with Gasteiger partial charge < -0.3 is 9.47 Å². The van der Waals surface area contributed by atoms with E-state index < -0.39 is 11.9 Å². The molecular formula is C20H32O4. The third kappa shape index (κ3) is 11.7. The summed E-state index contributed by atoms with van der Waals surface area (Å²) in [6.07, 6.45) is 14.0. The Morgan fingerprint density at radius 3 is 1.46 bits per heavy atom. The molecule has 0 heterocycles. The highest BCUT2D eigenvalue weighted by Gasteiger charge is 2.09. The van der Waals surface area contributed by atoms with Crippen LogP contribution >= 0.6 is 0 Å². The monoisotopic (exact) mass is 336 g/mol. The molecule has 136 valence electrons. The van der Waals surface area contributed by atoms with Crippen molar-refractivity contribution in [3.8, 4) is 0 Å². The summed E-state index contributed by atoms with van der Waals surface area (Å²) in [4.78, 5) is 23.3. The first-order valence-electron chi connectivity index (χ1n) is 8.81. The zero-order valence-corrected chi connectivity index (χ0v) is 15.5. The first kappa shape index (κ1) is 22.2. The Bertz CT molecular complexity index is 395. The van der Waals surface area contributed by atoms with Gasteiger partial charge in [-0.05, 0) is 51.4 Å². The molecule has 2 unspecified atom stereocenters. The number of esters is 2. The zero-order chi connectivity index (χ0) is 18.2. The molecule has 0 saturated carbocycles. The van der Waals surface area contributed by atoms with E-state index >= 15 is 0 Å². The van der Waals surface area contributed by atoms with E-state index in [1.165, 1.54) is 0 Å². The van der Waals surface area contributed by atoms with E-state index in [-0.39, 0.29) is 0 Å². The van der Waals surface area contributed by atoms with Crippen molar-refractivity contribution in [3.63, 3.8) is 0 Å². The molecule has 0 aromatic rings. The normalized spacial score (nSPS) is 14.3. The van der Waals surface area contributed by atoms with Gasteiger partial charge in [0.15, 0.2) is 0 Å². The Morgan fingerprint density at radius 1 is 0.792 bits per heavy atom. The number of hydrogen-bond acceptors (Lipinski definition) is 4. The van der Waals surface area contributed by atoms with Crippen LogP contribution in [-0.2, 0) is 19.1 Å². The van der Waals surface area contributed by atoms with Crippen LogP contribution < -0.4 is 0 Å². The number of carbonyl (C=O) groups excluding carboxylic acids is 2. The molecule has 4 heteroatoms. The van der Waals surface area contributed by atoms with Crippen molar-refractivity contribution in [1.82, 2.24) is 0 Å². The third-order valence-electron chi connectivity index (χ3n) is 3.84. The fourth-order valence-electron chi connectivity index (χ4n) is 1.99. The minimum atomic E-state index is -0.508. The number of rotatable bonds is 12. The second-order valence-electron chi connectivity index (χ2n) is 5.75. The summed E-state index contributed by atoms with van der Waals surface area (Å²) >= 11 is 0. The van der Waals surface area contributed by atoms with Crippen LogP contribution in [0.1, 0.15) is 53.4 Å². The van der Waals surface area contributed by atoms with E-state index in [4.69, 9.17) is 9.47 Å². The number of carbonyl (C=O) groups is 2. The second kappa shape index (κ2) is 14.7. The Kier molecular flexibility index (Phi) is 13.6. The van der Waals surface area contributed by atoms with Crippen LogP contribution in [0, 0.1) is 11.8 Å². The molecule has 0 aromatic heterocycles. The fraction of sp³-hybridized carbons (Fsp3) is 0.600. The van der Waals surface area contributed by atoms with Crippen molar-refractivity contribution in [3.05, 3.63) is 36.5 Å². The predicted molar refractivity (Wildman–Crippen MR) is 97.5 cm³/mol. The summed E-state index contributed by atoms with van der Waals surface area (Å²) in [6.45, 7) is 8.78. The van der Waals surface area contributed by atoms with Gasteiger partial charge in [0.2, 0.25) is 0 Å². The van der Waals surface area contributed by atoms with Crippen molar-refractivity contribution in [2.45, 2.75) is 53.4 Å². The molecule has 0 radical (unpaired) electrons. The molecule has 0 spiro atoms. The van der Waals surface area contributed by atoms with Gasteiger partial charge >= 0.3 is 11.9 Å². The molecule has 0 N–H and O–H groups in total. The minimum Gasteiger partial charge on any atom is -0.462 e. The number of ether oxygens (including phenoxy) is 2. The average molecular weight is 336 g/mol. The summed E-state index contributed by atoms with van der Waals surface area (Å²) in [6, 6.07) is 0. The molecule has 0 aliphatic rings. The van der Waals surface area contributed by atoms with Crippen molar-refractivity contribution >= 4 is 11.9 Å². The molecule has 24 heavy (non-hydrogen) atoms. The Morgan fingerprint density at radius 2 is 1.17 bits per heavy atom. The maximum Gasteiger partial charge on any atom is 0.331 e. The van der Waals surface area contributed by atoms with E-state index in [1.54, 1.807) is 0 Å². The van der Waals surface area contributed by atoms with E-state index in [1.807, 2.05) is 26.0 Å². The Hall–Kier alpha value is -1.84. The summed E-state index contributed by atoms with van der Waals surface area (Å²) in [5.74, 6) is -0.399. The van der Waals surface area contributed by atoms with Gasteiger partial charge in [-0.25, -0.2) is 9.59 Å². The smallest absolute Gasteiger partial charge is 0.331 e. The highest BCUT2D eigenvalue weighted by atomic mass is 16.5. The van der Waals surface area contributed by atoms with Gasteiger partial charge in [-0.2, -0.15) is 0 Å². The van der Waals surface area contributed by atoms with Gasteiger partial charge in [-0.3, -0.25) is 0 Å². The highest BCUT2D eigenvalue weighted by molar-refractivity contribution is 5.91. The quantitative estimate of drug-likeness (QED) is 0.296. The van der Waals surface area contributed by atoms with Gasteiger partial charge in [-0.15, -0.1) is 0 Å². The van der Waals surface area contributed by atoms with Gasteiger partial charge in [0.1, 0.15) is 0 Å². The molecular weight excluding hydrogens is 304 g/mol. The van der Waals surface area contributed by atoms with E-state index in [0.29, 0.717) is 25.0 Å². The summed E-state index contributed by atoms with van der Waals surface area (Å²) < 4.78 is 10.3. The average Bonchev–Trinajstić information content (AvgIpc) is 2.60. The van der Waals surface area contributed by atoms with E-state index in [9.17, 15) is 9.59 Å². The largest absolute Gasteiger partial charge is 0.462 e. The molecule has 0 saturated heterocycles. The molecule has 0 aliphatic carbocycles. The lowest BCUT2D eigenvalue weighted by atomic mass is 10.0. The van der Waals surface area contributed by atoms with Crippen molar-refractivity contribution < 1.29 is 19.1 Å². The maximum absolute atomic E-state index is 11.6. The molecule has 4 nitrogen and oxygen atoms in total. The molecule has 2 atom stereocenters. The Balaban J connectivity index is 4.13. The molecule has 0 amide bonds. The third-order valence-corrected chi connectivity index (χ3v) is 3.84. The van der Waals surface area contributed by atoms with Crippen LogP contribution in [0.25, 0.3) is 0 Å². The maximum atomic E-state index is 11.6. The standard InChI is InChI=1S/C20H32O4/c1-5-9-11-17(7-3)15-23-19(21)13-14-20(22)24-16-18(8-4)12-10-6-2/h5-6,9-10,13-14,17-18H,7-8,11-12,15-16H2,1-4H3/b9-5+,10-6+,14-13-. The SMILES string of the molecule is C/C=C/CC(CC)COC(=O)/C=C\C(=O)OCC(CC)C/C=C/C. The first-order valence-corrected chi connectivity index (χ1v) is 8.81. The van der Waals surface area contributed by atoms with Gasteiger partial charge in [0.05, 0.1) is 13.2 Å². The van der Waals surface area contributed by atoms with Gasteiger partial charge in [-0.1, -0.05) is 38.2 Å². The molecule has 0 bridgehead atoms. The molecule has 0 fully saturated rings. The Labute approximate surface area is 146 Å². The van der Waals surface area contributed by atoms with E-state index in [0.717, 1.165) is 37.8 Å². The van der Waals surface area contributed by atoms with Gasteiger partial charge in [0, 0.05) is 12.2 Å². The lowest BCUT2D eigenvalue weighted by molar-refractivity contribution is -0.141. The topological polar surface area (TPSA) is 52.6 Å². The molecule has 0 rings (SSSR count). The zero-order valence-electron chi connectivity index (χ0n) is 15.5. The summed E-state index contributed by atoms with van der Waals surface area (Å²) in [5.41, 5.74) is 0. The van der Waals surface area contributed by atoms with Crippen LogP contribution in [0.5, 0.6) is 0 Å². The van der Waals surface area contributed by atoms with Crippen LogP contribution in [0.4, 0.5) is 0 Å². The van der Waals surface area contributed by atoms with Crippen LogP contribution in [0.15, 0.2) is 36.5 Å². The van der Waals surface area contributed by atoms with Crippen LogP contribution in [0.3, 0.4) is 0 Å². The number of hydrogen-bond donors (Lipinski definition) is 0. The minimum absolute atomic E-state index is 0.308.